The van der Waals surface area contributed by atoms with Gasteiger partial charge in [0, 0.05) is 4.47 Å². The van der Waals surface area contributed by atoms with E-state index in [0.717, 1.165) is 0 Å². The number of ether oxygens (including phenoxy) is 1. The monoisotopic (exact) mass is 413 g/mol. The minimum absolute atomic E-state index is 0.0335. The van der Waals surface area contributed by atoms with Crippen molar-refractivity contribution in [3.05, 3.63) is 58.6 Å². The summed E-state index contributed by atoms with van der Waals surface area (Å²) in [4.78, 5) is 11.3. The topological polar surface area (TPSA) is 92.7 Å². The lowest BCUT2D eigenvalue weighted by Crippen LogP contribution is -2.42. The molecule has 0 saturated carbocycles. The summed E-state index contributed by atoms with van der Waals surface area (Å²) in [5, 5.41) is 9.36. The molecule has 2 aromatic carbocycles. The van der Waals surface area contributed by atoms with Gasteiger partial charge < -0.3 is 9.84 Å². The molecule has 0 aliphatic heterocycles. The maximum absolute atomic E-state index is 12.6. The normalized spacial score (nSPS) is 12.6. The number of carboxylic acids is 1. The third-order valence-electron chi connectivity index (χ3n) is 3.29. The van der Waals surface area contributed by atoms with Crippen molar-refractivity contribution in [3.8, 4) is 5.75 Å². The second-order valence-electron chi connectivity index (χ2n) is 5.00. The van der Waals surface area contributed by atoms with Gasteiger partial charge in [-0.1, -0.05) is 46.3 Å². The number of aliphatic carboxylic acids is 1. The van der Waals surface area contributed by atoms with Crippen molar-refractivity contribution in [1.29, 1.82) is 0 Å². The summed E-state index contributed by atoms with van der Waals surface area (Å²) in [6.45, 7) is 0. The molecular formula is C16H16BrNO5S. The Morgan fingerprint density at radius 2 is 1.92 bits per heavy atom. The van der Waals surface area contributed by atoms with E-state index in [1.807, 2.05) is 0 Å². The smallest absolute Gasteiger partial charge is 0.322 e. The van der Waals surface area contributed by atoms with Crippen LogP contribution >= 0.6 is 15.9 Å². The van der Waals surface area contributed by atoms with Crippen LogP contribution in [-0.4, -0.2) is 32.6 Å². The minimum Gasteiger partial charge on any atom is -0.495 e. The van der Waals surface area contributed by atoms with Crippen LogP contribution < -0.4 is 9.46 Å². The molecule has 128 valence electrons. The Bertz CT molecular complexity index is 824. The molecule has 8 heteroatoms. The fraction of sp³-hybridized carbons (Fsp3) is 0.188. The van der Waals surface area contributed by atoms with Crippen molar-refractivity contribution in [1.82, 2.24) is 4.72 Å². The summed E-state index contributed by atoms with van der Waals surface area (Å²) in [5.74, 6) is -1.12. The van der Waals surface area contributed by atoms with Crippen LogP contribution in [0.2, 0.25) is 0 Å². The quantitative estimate of drug-likeness (QED) is 0.726. The number of sulfonamides is 1. The van der Waals surface area contributed by atoms with E-state index in [0.29, 0.717) is 10.0 Å². The van der Waals surface area contributed by atoms with E-state index in [1.54, 1.807) is 36.4 Å². The van der Waals surface area contributed by atoms with Gasteiger partial charge in [0.25, 0.3) is 0 Å². The molecule has 2 aromatic rings. The highest BCUT2D eigenvalue weighted by atomic mass is 79.9. The van der Waals surface area contributed by atoms with Gasteiger partial charge in [0.1, 0.15) is 16.7 Å². The number of rotatable bonds is 7. The van der Waals surface area contributed by atoms with Gasteiger partial charge in [-0.25, -0.2) is 8.42 Å². The van der Waals surface area contributed by atoms with Gasteiger partial charge in [-0.3, -0.25) is 4.79 Å². The molecule has 0 bridgehead atoms. The van der Waals surface area contributed by atoms with E-state index in [-0.39, 0.29) is 17.1 Å². The first kappa shape index (κ1) is 18.4. The summed E-state index contributed by atoms with van der Waals surface area (Å²) in [6, 6.07) is 12.0. The van der Waals surface area contributed by atoms with Gasteiger partial charge in [-0.05, 0) is 30.2 Å². The van der Waals surface area contributed by atoms with Gasteiger partial charge in [-0.15, -0.1) is 0 Å². The highest BCUT2D eigenvalue weighted by Crippen LogP contribution is 2.27. The van der Waals surface area contributed by atoms with Crippen molar-refractivity contribution in [2.45, 2.75) is 17.4 Å². The van der Waals surface area contributed by atoms with Crippen LogP contribution in [0.3, 0.4) is 0 Å². The predicted molar refractivity (Wildman–Crippen MR) is 92.6 cm³/mol. The summed E-state index contributed by atoms with van der Waals surface area (Å²) in [6.07, 6.45) is 0.0335. The van der Waals surface area contributed by atoms with Crippen molar-refractivity contribution in [3.63, 3.8) is 0 Å². The maximum atomic E-state index is 12.6. The zero-order valence-electron chi connectivity index (χ0n) is 12.8. The van der Waals surface area contributed by atoms with E-state index >= 15 is 0 Å². The average Bonchev–Trinajstić information content (AvgIpc) is 2.55. The number of methoxy groups -OCH3 is 1. The predicted octanol–water partition coefficient (Wildman–Crippen LogP) is 2.43. The average molecular weight is 414 g/mol. The Balaban J connectivity index is 2.31. The fourth-order valence-electron chi connectivity index (χ4n) is 2.14. The molecule has 2 rings (SSSR count). The summed E-state index contributed by atoms with van der Waals surface area (Å²) in [7, 11) is -2.73. The molecule has 0 radical (unpaired) electrons. The zero-order chi connectivity index (χ0) is 17.7. The van der Waals surface area contributed by atoms with Gasteiger partial charge in [0.15, 0.2) is 0 Å². The molecule has 6 nitrogen and oxygen atoms in total. The molecule has 0 aliphatic carbocycles. The summed E-state index contributed by atoms with van der Waals surface area (Å²) >= 11 is 3.20. The molecule has 0 heterocycles. The number of carbonyl (C=O) groups is 1. The standard InChI is InChI=1S/C16H16BrNO5S/c1-23-14-8-7-12(17)10-15(14)24(21,22)18-13(16(19)20)9-11-5-3-2-4-6-11/h2-8,10,13,18H,9H2,1H3,(H,19,20)/t13-/m0/s1. The number of hydrogen-bond donors (Lipinski definition) is 2. The van der Waals surface area contributed by atoms with Crippen LogP contribution in [0, 0.1) is 0 Å². The second-order valence-corrected chi connectivity index (χ2v) is 7.60. The van der Waals surface area contributed by atoms with Crippen LogP contribution in [0.5, 0.6) is 5.75 Å². The Morgan fingerprint density at radius 1 is 1.25 bits per heavy atom. The zero-order valence-corrected chi connectivity index (χ0v) is 15.2. The van der Waals surface area contributed by atoms with Gasteiger partial charge in [0.2, 0.25) is 10.0 Å². The molecule has 24 heavy (non-hydrogen) atoms. The molecule has 0 aliphatic rings. The van der Waals surface area contributed by atoms with Crippen LogP contribution in [-0.2, 0) is 21.2 Å². The van der Waals surface area contributed by atoms with Gasteiger partial charge in [0.05, 0.1) is 7.11 Å². The molecule has 0 unspecified atom stereocenters. The first-order chi connectivity index (χ1) is 11.3. The van der Waals surface area contributed by atoms with Gasteiger partial charge in [-0.2, -0.15) is 4.72 Å². The summed E-state index contributed by atoms with van der Waals surface area (Å²) < 4.78 is 33.0. The van der Waals surface area contributed by atoms with Gasteiger partial charge >= 0.3 is 5.97 Å². The molecule has 0 amide bonds. The van der Waals surface area contributed by atoms with E-state index < -0.39 is 22.0 Å². The Kier molecular flexibility index (Phi) is 5.98. The minimum atomic E-state index is -4.08. The van der Waals surface area contributed by atoms with E-state index in [2.05, 4.69) is 20.7 Å². The molecule has 0 saturated heterocycles. The number of carboxylic acid groups (broad SMARTS) is 1. The second kappa shape index (κ2) is 7.78. The molecule has 0 aromatic heterocycles. The van der Waals surface area contributed by atoms with E-state index in [9.17, 15) is 18.3 Å². The third kappa shape index (κ3) is 4.56. The summed E-state index contributed by atoms with van der Waals surface area (Å²) in [5.41, 5.74) is 0.716. The largest absolute Gasteiger partial charge is 0.495 e. The lowest BCUT2D eigenvalue weighted by atomic mass is 10.1. The van der Waals surface area contributed by atoms with E-state index in [1.165, 1.54) is 19.2 Å². The van der Waals surface area contributed by atoms with Crippen molar-refractivity contribution in [2.24, 2.45) is 0 Å². The molecule has 0 fully saturated rings. The van der Waals surface area contributed by atoms with E-state index in [4.69, 9.17) is 4.74 Å². The Labute approximate surface area is 148 Å². The highest BCUT2D eigenvalue weighted by Gasteiger charge is 2.28. The SMILES string of the molecule is COc1ccc(Br)cc1S(=O)(=O)N[C@@H](Cc1ccccc1)C(=O)O. The Morgan fingerprint density at radius 3 is 2.50 bits per heavy atom. The Hall–Kier alpha value is -1.90. The van der Waals surface area contributed by atoms with Crippen LogP contribution in [0.4, 0.5) is 0 Å². The van der Waals surface area contributed by atoms with Crippen molar-refractivity contribution >= 4 is 31.9 Å². The molecule has 1 atom stereocenters. The lowest BCUT2D eigenvalue weighted by Gasteiger charge is -2.16. The van der Waals surface area contributed by atoms with Crippen LogP contribution in [0.1, 0.15) is 5.56 Å². The molecule has 2 N–H and O–H groups in total. The lowest BCUT2D eigenvalue weighted by molar-refractivity contribution is -0.138. The van der Waals surface area contributed by atoms with Crippen molar-refractivity contribution < 1.29 is 23.1 Å². The first-order valence-electron chi connectivity index (χ1n) is 6.96. The van der Waals surface area contributed by atoms with Crippen LogP contribution in [0.25, 0.3) is 0 Å². The first-order valence-corrected chi connectivity index (χ1v) is 9.23. The number of benzene rings is 2. The number of hydrogen-bond acceptors (Lipinski definition) is 4. The molecular weight excluding hydrogens is 398 g/mol. The van der Waals surface area contributed by atoms with Crippen LogP contribution in [0.15, 0.2) is 57.9 Å². The number of nitrogens with one attached hydrogen (secondary N) is 1. The highest BCUT2D eigenvalue weighted by molar-refractivity contribution is 9.10. The molecule has 0 spiro atoms. The van der Waals surface area contributed by atoms with Crippen molar-refractivity contribution in [2.75, 3.05) is 7.11 Å². The fourth-order valence-corrected chi connectivity index (χ4v) is 4.04. The third-order valence-corrected chi connectivity index (χ3v) is 5.28. The maximum Gasteiger partial charge on any atom is 0.322 e. The number of halogens is 1.